The summed E-state index contributed by atoms with van der Waals surface area (Å²) in [6.45, 7) is 1.80. The molecule has 0 amide bonds. The maximum atomic E-state index is 13.2. The Labute approximate surface area is 165 Å². The number of aryl methyl sites for hydroxylation is 1. The number of hydrogen-bond acceptors (Lipinski definition) is 3. The second-order valence-corrected chi connectivity index (χ2v) is 7.10. The summed E-state index contributed by atoms with van der Waals surface area (Å²) in [6, 6.07) is 7.74. The minimum absolute atomic E-state index is 0.0916. The zero-order valence-electron chi connectivity index (χ0n) is 13.6. The fourth-order valence-electron chi connectivity index (χ4n) is 2.54. The first-order valence-electron chi connectivity index (χ1n) is 7.52. The molecule has 1 N–H and O–H groups in total. The van der Waals surface area contributed by atoms with Crippen LogP contribution in [-0.4, -0.2) is 23.4 Å². The van der Waals surface area contributed by atoms with E-state index >= 15 is 0 Å². The second kappa shape index (κ2) is 7.09. The largest absolute Gasteiger partial charge is 0.478 e. The van der Waals surface area contributed by atoms with Crippen LogP contribution in [0.3, 0.4) is 0 Å². The second-order valence-electron chi connectivity index (χ2n) is 5.78. The van der Waals surface area contributed by atoms with E-state index in [-0.39, 0.29) is 22.1 Å². The number of carboxylic acids is 1. The van der Waals surface area contributed by atoms with Gasteiger partial charge in [0.2, 0.25) is 6.10 Å². The van der Waals surface area contributed by atoms with Gasteiger partial charge in [-0.3, -0.25) is 0 Å². The van der Waals surface area contributed by atoms with Gasteiger partial charge in [0, 0.05) is 16.1 Å². The molecule has 27 heavy (non-hydrogen) atoms. The Morgan fingerprint density at radius 3 is 2.56 bits per heavy atom. The van der Waals surface area contributed by atoms with E-state index in [1.807, 2.05) is 0 Å². The number of halogens is 5. The summed E-state index contributed by atoms with van der Waals surface area (Å²) in [5, 5.41) is 9.16. The molecule has 1 heterocycles. The van der Waals surface area contributed by atoms with Gasteiger partial charge >= 0.3 is 12.1 Å². The summed E-state index contributed by atoms with van der Waals surface area (Å²) in [7, 11) is 0. The first-order chi connectivity index (χ1) is 12.6. The minimum atomic E-state index is -4.88. The van der Waals surface area contributed by atoms with Crippen molar-refractivity contribution >= 4 is 39.6 Å². The Kier molecular flexibility index (Phi) is 5.14. The summed E-state index contributed by atoms with van der Waals surface area (Å²) in [5.41, 5.74) is -0.0124. The zero-order valence-corrected chi connectivity index (χ0v) is 15.9. The van der Waals surface area contributed by atoms with Crippen LogP contribution in [0.4, 0.5) is 13.2 Å². The van der Waals surface area contributed by atoms with E-state index in [0.29, 0.717) is 5.75 Å². The van der Waals surface area contributed by atoms with Crippen LogP contribution < -0.4 is 9.47 Å². The smallest absolute Gasteiger partial charge is 0.430 e. The highest BCUT2D eigenvalue weighted by Gasteiger charge is 2.48. The predicted octanol–water partition coefficient (Wildman–Crippen LogP) is 5.99. The number of rotatable bonds is 3. The lowest BCUT2D eigenvalue weighted by Crippen LogP contribution is -2.40. The van der Waals surface area contributed by atoms with Crippen LogP contribution in [0.25, 0.3) is 6.08 Å². The van der Waals surface area contributed by atoms with Crippen molar-refractivity contribution < 1.29 is 32.5 Å². The molecular formula is C18H11BrClF3O4. The number of fused-ring (bicyclic) bond motifs is 1. The number of alkyl halides is 3. The molecule has 0 bridgehead atoms. The molecule has 1 unspecified atom stereocenters. The van der Waals surface area contributed by atoms with Crippen molar-refractivity contribution in [2.24, 2.45) is 0 Å². The van der Waals surface area contributed by atoms with Crippen LogP contribution in [0.2, 0.25) is 5.02 Å². The molecule has 1 aliphatic heterocycles. The van der Waals surface area contributed by atoms with E-state index in [4.69, 9.17) is 26.2 Å². The van der Waals surface area contributed by atoms with Gasteiger partial charge in [-0.1, -0.05) is 27.5 Å². The van der Waals surface area contributed by atoms with E-state index in [1.165, 1.54) is 12.1 Å². The van der Waals surface area contributed by atoms with Gasteiger partial charge in [0.25, 0.3) is 0 Å². The van der Waals surface area contributed by atoms with Gasteiger partial charge in [-0.05, 0) is 42.8 Å². The highest BCUT2D eigenvalue weighted by molar-refractivity contribution is 9.10. The molecule has 0 spiro atoms. The SMILES string of the molecule is Cc1cc(Br)ccc1Oc1cc2c(cc1Cl)C=C(C(=O)O)C(C(F)(F)F)O2. The van der Waals surface area contributed by atoms with Gasteiger partial charge < -0.3 is 14.6 Å². The predicted molar refractivity (Wildman–Crippen MR) is 96.5 cm³/mol. The van der Waals surface area contributed by atoms with E-state index in [2.05, 4.69) is 15.9 Å². The molecule has 2 aromatic rings. The molecule has 3 rings (SSSR count). The Hall–Kier alpha value is -2.19. The fraction of sp³-hybridized carbons (Fsp3) is 0.167. The van der Waals surface area contributed by atoms with Gasteiger partial charge in [-0.25, -0.2) is 4.79 Å². The molecule has 4 nitrogen and oxygen atoms in total. The molecule has 0 saturated heterocycles. The molecule has 1 aliphatic rings. The highest BCUT2D eigenvalue weighted by Crippen LogP contribution is 2.43. The maximum Gasteiger partial charge on any atom is 0.430 e. The fourth-order valence-corrected chi connectivity index (χ4v) is 3.23. The minimum Gasteiger partial charge on any atom is -0.478 e. The number of benzene rings is 2. The number of ether oxygens (including phenoxy) is 2. The molecule has 0 saturated carbocycles. The van der Waals surface area contributed by atoms with Gasteiger partial charge in [0.05, 0.1) is 10.6 Å². The molecule has 0 aliphatic carbocycles. The average molecular weight is 464 g/mol. The van der Waals surface area contributed by atoms with Gasteiger partial charge in [-0.15, -0.1) is 0 Å². The van der Waals surface area contributed by atoms with Crippen LogP contribution in [0.1, 0.15) is 11.1 Å². The van der Waals surface area contributed by atoms with Crippen LogP contribution in [0.5, 0.6) is 17.2 Å². The van der Waals surface area contributed by atoms with Crippen molar-refractivity contribution in [2.75, 3.05) is 0 Å². The Morgan fingerprint density at radius 1 is 1.26 bits per heavy atom. The Balaban J connectivity index is 2.02. The van der Waals surface area contributed by atoms with Crippen molar-refractivity contribution in [3.63, 3.8) is 0 Å². The summed E-state index contributed by atoms with van der Waals surface area (Å²) < 4.78 is 51.0. The number of carbonyl (C=O) groups is 1. The lowest BCUT2D eigenvalue weighted by Gasteiger charge is -2.27. The maximum absolute atomic E-state index is 13.2. The van der Waals surface area contributed by atoms with Crippen LogP contribution in [0, 0.1) is 6.92 Å². The summed E-state index contributed by atoms with van der Waals surface area (Å²) in [5.74, 6) is -1.33. The quantitative estimate of drug-likeness (QED) is 0.607. The summed E-state index contributed by atoms with van der Waals surface area (Å²) >= 11 is 9.48. The summed E-state index contributed by atoms with van der Waals surface area (Å²) in [6.07, 6.45) is -6.56. The topological polar surface area (TPSA) is 55.8 Å². The van der Waals surface area contributed by atoms with Crippen molar-refractivity contribution in [3.8, 4) is 17.2 Å². The molecular weight excluding hydrogens is 453 g/mol. The third kappa shape index (κ3) is 4.06. The molecule has 142 valence electrons. The van der Waals surface area contributed by atoms with E-state index in [1.54, 1.807) is 25.1 Å². The van der Waals surface area contributed by atoms with Crippen molar-refractivity contribution in [1.29, 1.82) is 0 Å². The third-order valence-corrected chi connectivity index (χ3v) is 4.59. The zero-order chi connectivity index (χ0) is 19.9. The molecule has 2 aromatic carbocycles. The standard InChI is InChI=1S/C18H11BrClF3O4/c1-8-4-10(19)2-3-13(8)26-15-7-14-9(6-12(15)20)5-11(17(24)25)16(27-14)18(21,22)23/h2-7,16H,1H3,(H,24,25). The van der Waals surface area contributed by atoms with Crippen LogP contribution in [-0.2, 0) is 4.79 Å². The molecule has 0 fully saturated rings. The number of hydrogen-bond donors (Lipinski definition) is 1. The van der Waals surface area contributed by atoms with E-state index < -0.39 is 23.8 Å². The van der Waals surface area contributed by atoms with E-state index in [0.717, 1.165) is 16.1 Å². The Bertz CT molecular complexity index is 956. The first kappa shape index (κ1) is 19.6. The molecule has 9 heteroatoms. The molecule has 1 atom stereocenters. The van der Waals surface area contributed by atoms with Gasteiger partial charge in [0.15, 0.2) is 0 Å². The van der Waals surface area contributed by atoms with Crippen LogP contribution in [0.15, 0.2) is 40.4 Å². The van der Waals surface area contributed by atoms with Crippen molar-refractivity contribution in [2.45, 2.75) is 19.2 Å². The van der Waals surface area contributed by atoms with Crippen molar-refractivity contribution in [1.82, 2.24) is 0 Å². The lowest BCUT2D eigenvalue weighted by atomic mass is 10.0. The van der Waals surface area contributed by atoms with E-state index in [9.17, 15) is 18.0 Å². The third-order valence-electron chi connectivity index (χ3n) is 3.80. The lowest BCUT2D eigenvalue weighted by molar-refractivity contribution is -0.187. The monoisotopic (exact) mass is 462 g/mol. The van der Waals surface area contributed by atoms with Gasteiger partial charge in [-0.2, -0.15) is 13.2 Å². The normalized spacial score (nSPS) is 16.2. The average Bonchev–Trinajstić information content (AvgIpc) is 2.55. The first-order valence-corrected chi connectivity index (χ1v) is 8.69. The van der Waals surface area contributed by atoms with Crippen LogP contribution >= 0.6 is 27.5 Å². The number of carboxylic acid groups (broad SMARTS) is 1. The molecule has 0 aromatic heterocycles. The van der Waals surface area contributed by atoms with Crippen molar-refractivity contribution in [3.05, 3.63) is 56.5 Å². The molecule has 0 radical (unpaired) electrons. The van der Waals surface area contributed by atoms with Gasteiger partial charge in [0.1, 0.15) is 17.2 Å². The summed E-state index contributed by atoms with van der Waals surface area (Å²) in [4.78, 5) is 11.2. The highest BCUT2D eigenvalue weighted by atomic mass is 79.9. The number of aliphatic carboxylic acids is 1. The Morgan fingerprint density at radius 2 is 1.96 bits per heavy atom.